The minimum absolute atomic E-state index is 0.485. The summed E-state index contributed by atoms with van der Waals surface area (Å²) in [6, 6.07) is 0. The molecule has 172 valence electrons. The lowest BCUT2D eigenvalue weighted by Gasteiger charge is -2.49. The third kappa shape index (κ3) is 6.20. The van der Waals surface area contributed by atoms with Crippen molar-refractivity contribution in [2.45, 2.75) is 123 Å². The fourth-order valence-corrected chi connectivity index (χ4v) is 9.86. The highest BCUT2D eigenvalue weighted by Crippen LogP contribution is 2.41. The summed E-state index contributed by atoms with van der Waals surface area (Å²) in [6.45, 7) is 30.6. The summed E-state index contributed by atoms with van der Waals surface area (Å²) in [4.78, 5) is 0. The first kappa shape index (κ1) is 25.6. The monoisotopic (exact) mass is 438 g/mol. The molecule has 29 heavy (non-hydrogen) atoms. The highest BCUT2D eigenvalue weighted by Gasteiger charge is 2.43. The van der Waals surface area contributed by atoms with Crippen LogP contribution in [0, 0.1) is 11.8 Å². The molecule has 0 saturated carbocycles. The summed E-state index contributed by atoms with van der Waals surface area (Å²) in [5, 5.41) is 0.970. The van der Waals surface area contributed by atoms with Crippen LogP contribution in [0.5, 0.6) is 0 Å². The molecule has 0 aromatic heterocycles. The lowest BCUT2D eigenvalue weighted by molar-refractivity contribution is 0.224. The van der Waals surface area contributed by atoms with E-state index in [9.17, 15) is 0 Å². The Morgan fingerprint density at radius 2 is 0.862 bits per heavy atom. The Hall–Kier alpha value is 0.354. The molecule has 2 aliphatic rings. The first-order valence-electron chi connectivity index (χ1n) is 12.7. The Kier molecular flexibility index (Phi) is 8.36. The maximum absolute atomic E-state index is 2.90. The molecule has 0 unspecified atom stereocenters. The van der Waals surface area contributed by atoms with Crippen LogP contribution in [-0.4, -0.2) is 51.8 Å². The van der Waals surface area contributed by atoms with Crippen LogP contribution < -0.4 is 0 Å². The van der Waals surface area contributed by atoms with E-state index in [-0.39, 0.29) is 0 Å². The summed E-state index contributed by atoms with van der Waals surface area (Å²) in [5.74, 6) is 2.01. The highest BCUT2D eigenvalue weighted by atomic mass is 28.3. The van der Waals surface area contributed by atoms with Crippen molar-refractivity contribution in [1.29, 1.82) is 0 Å². The molecule has 0 N–H and O–H groups in total. The Balaban J connectivity index is 1.67. The number of hydrogen-bond donors (Lipinski definition) is 0. The van der Waals surface area contributed by atoms with Crippen LogP contribution in [0.1, 0.15) is 86.5 Å². The standard InChI is InChI=1S/C25H54N2Si2/c1-24(2,3)28(7,8)26-18-14-22(15-19-26)12-11-13-23-16-20-27(21-17-23)29(9,10)25(4,5)6/h22-23H,11-21H2,1-10H3. The van der Waals surface area contributed by atoms with Gasteiger partial charge in [-0.2, -0.15) is 0 Å². The molecule has 0 atom stereocenters. The van der Waals surface area contributed by atoms with Crippen LogP contribution in [0.2, 0.25) is 36.3 Å². The zero-order valence-electron chi connectivity index (χ0n) is 21.8. The fraction of sp³-hybridized carbons (Fsp3) is 1.00. The topological polar surface area (TPSA) is 6.48 Å². The summed E-state index contributed by atoms with van der Waals surface area (Å²) in [5.41, 5.74) is 0. The molecule has 0 aliphatic carbocycles. The van der Waals surface area contributed by atoms with Crippen molar-refractivity contribution in [1.82, 2.24) is 9.13 Å². The van der Waals surface area contributed by atoms with Gasteiger partial charge in [-0.25, -0.2) is 0 Å². The quantitative estimate of drug-likeness (QED) is 0.394. The van der Waals surface area contributed by atoms with Crippen LogP contribution in [0.25, 0.3) is 0 Å². The van der Waals surface area contributed by atoms with Crippen molar-refractivity contribution >= 4 is 16.5 Å². The molecule has 0 radical (unpaired) electrons. The smallest absolute Gasteiger partial charge is 0.127 e. The maximum atomic E-state index is 2.90. The average Bonchev–Trinajstić information content (AvgIpc) is 2.61. The number of nitrogens with zero attached hydrogens (tertiary/aromatic N) is 2. The third-order valence-electron chi connectivity index (χ3n) is 9.71. The second-order valence-electron chi connectivity index (χ2n) is 13.4. The summed E-state index contributed by atoms with van der Waals surface area (Å²) in [7, 11) is -2.59. The summed E-state index contributed by atoms with van der Waals surface area (Å²) in [6.07, 6.45) is 10.3. The van der Waals surface area contributed by atoms with Gasteiger partial charge in [0.2, 0.25) is 0 Å². The van der Waals surface area contributed by atoms with Crippen LogP contribution >= 0.6 is 0 Å². The van der Waals surface area contributed by atoms with Crippen molar-refractivity contribution in [3.63, 3.8) is 0 Å². The molecule has 0 bridgehead atoms. The van der Waals surface area contributed by atoms with Crippen molar-refractivity contribution in [2.24, 2.45) is 11.8 Å². The zero-order valence-corrected chi connectivity index (χ0v) is 23.8. The minimum Gasteiger partial charge on any atom is -0.323 e. The van der Waals surface area contributed by atoms with Gasteiger partial charge in [0, 0.05) is 0 Å². The molecule has 0 amide bonds. The van der Waals surface area contributed by atoms with Crippen molar-refractivity contribution in [2.75, 3.05) is 26.2 Å². The van der Waals surface area contributed by atoms with Gasteiger partial charge < -0.3 is 9.13 Å². The molecular weight excluding hydrogens is 384 g/mol. The maximum Gasteiger partial charge on any atom is 0.127 e. The molecule has 2 heterocycles. The Labute approximate surface area is 186 Å². The Morgan fingerprint density at radius 3 is 1.10 bits per heavy atom. The second-order valence-corrected chi connectivity index (χ2v) is 23.9. The average molecular weight is 439 g/mol. The van der Waals surface area contributed by atoms with E-state index in [1.807, 2.05) is 0 Å². The van der Waals surface area contributed by atoms with Crippen molar-refractivity contribution in [3.8, 4) is 0 Å². The fourth-order valence-electron chi connectivity index (χ4n) is 5.21. The van der Waals surface area contributed by atoms with Crippen LogP contribution in [0.4, 0.5) is 0 Å². The van der Waals surface area contributed by atoms with E-state index in [1.54, 1.807) is 0 Å². The highest BCUT2D eigenvalue weighted by molar-refractivity contribution is 6.77. The molecule has 2 fully saturated rings. The molecule has 0 aromatic carbocycles. The minimum atomic E-state index is -1.30. The molecule has 2 rings (SSSR count). The normalized spacial score (nSPS) is 23.0. The molecule has 0 spiro atoms. The van der Waals surface area contributed by atoms with Crippen molar-refractivity contribution < 1.29 is 0 Å². The zero-order chi connectivity index (χ0) is 22.1. The van der Waals surface area contributed by atoms with E-state index >= 15 is 0 Å². The first-order valence-corrected chi connectivity index (χ1v) is 18.6. The lowest BCUT2D eigenvalue weighted by Crippen LogP contribution is -2.57. The van der Waals surface area contributed by atoms with Gasteiger partial charge in [-0.1, -0.05) is 87.0 Å². The van der Waals surface area contributed by atoms with Gasteiger partial charge in [-0.05, 0) is 73.8 Å². The van der Waals surface area contributed by atoms with E-state index in [1.165, 1.54) is 71.1 Å². The predicted octanol–water partition coefficient (Wildman–Crippen LogP) is 7.59. The largest absolute Gasteiger partial charge is 0.323 e. The molecule has 2 nitrogen and oxygen atoms in total. The van der Waals surface area contributed by atoms with Crippen molar-refractivity contribution in [3.05, 3.63) is 0 Å². The SMILES string of the molecule is CC(C)(C)[Si](C)(C)N1CCC(CCCC2CCN([Si](C)(C)C(C)(C)C)CC2)CC1. The first-order chi connectivity index (χ1) is 13.2. The van der Waals surface area contributed by atoms with Gasteiger partial charge in [-0.15, -0.1) is 0 Å². The predicted molar refractivity (Wildman–Crippen MR) is 137 cm³/mol. The van der Waals surface area contributed by atoms with E-state index < -0.39 is 16.5 Å². The lowest BCUT2D eigenvalue weighted by atomic mass is 9.87. The van der Waals surface area contributed by atoms with Gasteiger partial charge >= 0.3 is 0 Å². The number of piperidine rings is 2. The van der Waals surface area contributed by atoms with Gasteiger partial charge in [-0.3, -0.25) is 0 Å². The Morgan fingerprint density at radius 1 is 0.586 bits per heavy atom. The van der Waals surface area contributed by atoms with Gasteiger partial charge in [0.05, 0.1) is 0 Å². The Bertz CT molecular complexity index is 454. The van der Waals surface area contributed by atoms with Crippen LogP contribution in [0.3, 0.4) is 0 Å². The van der Waals surface area contributed by atoms with Gasteiger partial charge in [0.1, 0.15) is 16.5 Å². The molecule has 2 saturated heterocycles. The number of rotatable bonds is 6. The van der Waals surface area contributed by atoms with E-state index in [2.05, 4.69) is 76.9 Å². The third-order valence-corrected chi connectivity index (χ3v) is 21.1. The van der Waals surface area contributed by atoms with E-state index in [0.29, 0.717) is 10.1 Å². The molecule has 2 aliphatic heterocycles. The molecule has 0 aromatic rings. The van der Waals surface area contributed by atoms with Crippen LogP contribution in [0.15, 0.2) is 0 Å². The van der Waals surface area contributed by atoms with Crippen LogP contribution in [-0.2, 0) is 0 Å². The second kappa shape index (κ2) is 9.46. The van der Waals surface area contributed by atoms with E-state index in [0.717, 1.165) is 11.8 Å². The van der Waals surface area contributed by atoms with Gasteiger partial charge in [0.15, 0.2) is 0 Å². The summed E-state index contributed by atoms with van der Waals surface area (Å²) < 4.78 is 5.81. The van der Waals surface area contributed by atoms with Gasteiger partial charge in [0.25, 0.3) is 0 Å². The van der Waals surface area contributed by atoms with E-state index in [4.69, 9.17) is 0 Å². The molecule has 4 heteroatoms. The molecular formula is C25H54N2Si2. The summed E-state index contributed by atoms with van der Waals surface area (Å²) >= 11 is 0. The number of hydrogen-bond acceptors (Lipinski definition) is 2.